The molecule has 0 aromatic rings. The van der Waals surface area contributed by atoms with Crippen LogP contribution in [-0.2, 0) is 0 Å². The molecule has 2 N–H and O–H groups in total. The Morgan fingerprint density at radius 1 is 1.12 bits per heavy atom. The SMILES string of the molecule is CCC(CC)C(N)C1CCCCC1C(F)(F)F. The van der Waals surface area contributed by atoms with E-state index in [0.717, 1.165) is 19.3 Å². The molecular weight excluding hydrogens is 227 g/mol. The molecular formula is C13H24F3N. The first-order chi connectivity index (χ1) is 7.91. The van der Waals surface area contributed by atoms with E-state index in [-0.39, 0.29) is 24.3 Å². The zero-order chi connectivity index (χ0) is 13.1. The van der Waals surface area contributed by atoms with Crippen molar-refractivity contribution in [2.45, 2.75) is 64.6 Å². The lowest BCUT2D eigenvalue weighted by atomic mass is 9.71. The standard InChI is InChI=1S/C13H24F3N/c1-3-9(4-2)12(17)10-7-5-6-8-11(10)13(14,15)16/h9-12H,3-8,17H2,1-2H3. The van der Waals surface area contributed by atoms with Crippen molar-refractivity contribution >= 4 is 0 Å². The summed E-state index contributed by atoms with van der Waals surface area (Å²) in [4.78, 5) is 0. The van der Waals surface area contributed by atoms with E-state index < -0.39 is 12.1 Å². The van der Waals surface area contributed by atoms with Crippen LogP contribution >= 0.6 is 0 Å². The summed E-state index contributed by atoms with van der Waals surface area (Å²) in [6.45, 7) is 4.03. The minimum absolute atomic E-state index is 0.225. The summed E-state index contributed by atoms with van der Waals surface area (Å²) in [5, 5.41) is 0. The van der Waals surface area contributed by atoms with Crippen LogP contribution in [0.3, 0.4) is 0 Å². The van der Waals surface area contributed by atoms with Crippen molar-refractivity contribution in [3.05, 3.63) is 0 Å². The van der Waals surface area contributed by atoms with Crippen molar-refractivity contribution in [1.29, 1.82) is 0 Å². The van der Waals surface area contributed by atoms with E-state index in [0.29, 0.717) is 12.8 Å². The molecule has 0 aromatic carbocycles. The molecule has 3 unspecified atom stereocenters. The summed E-state index contributed by atoms with van der Waals surface area (Å²) in [5.41, 5.74) is 6.10. The molecule has 0 aromatic heterocycles. The summed E-state index contributed by atoms with van der Waals surface area (Å²) in [5.74, 6) is -1.32. The average Bonchev–Trinajstić information content (AvgIpc) is 2.29. The average molecular weight is 251 g/mol. The Balaban J connectivity index is 2.77. The Bertz CT molecular complexity index is 223. The second-order valence-corrected chi connectivity index (χ2v) is 5.25. The van der Waals surface area contributed by atoms with Crippen LogP contribution < -0.4 is 5.73 Å². The molecule has 1 rings (SSSR count). The number of halogens is 3. The lowest BCUT2D eigenvalue weighted by molar-refractivity contribution is -0.199. The van der Waals surface area contributed by atoms with Gasteiger partial charge in [0, 0.05) is 6.04 Å². The van der Waals surface area contributed by atoms with Crippen LogP contribution in [0.2, 0.25) is 0 Å². The highest BCUT2D eigenvalue weighted by Gasteiger charge is 2.47. The van der Waals surface area contributed by atoms with E-state index in [1.165, 1.54) is 0 Å². The van der Waals surface area contributed by atoms with Crippen molar-refractivity contribution in [3.8, 4) is 0 Å². The highest BCUT2D eigenvalue weighted by atomic mass is 19.4. The smallest absolute Gasteiger partial charge is 0.327 e. The van der Waals surface area contributed by atoms with Crippen LogP contribution in [0.25, 0.3) is 0 Å². The fraction of sp³-hybridized carbons (Fsp3) is 1.00. The van der Waals surface area contributed by atoms with Crippen molar-refractivity contribution in [3.63, 3.8) is 0 Å². The molecule has 4 heteroatoms. The van der Waals surface area contributed by atoms with E-state index in [2.05, 4.69) is 0 Å². The minimum Gasteiger partial charge on any atom is -0.327 e. The van der Waals surface area contributed by atoms with Crippen molar-refractivity contribution in [2.24, 2.45) is 23.5 Å². The number of hydrogen-bond donors (Lipinski definition) is 1. The third-order valence-corrected chi connectivity index (χ3v) is 4.33. The maximum atomic E-state index is 13.0. The van der Waals surface area contributed by atoms with Gasteiger partial charge in [0.15, 0.2) is 0 Å². The van der Waals surface area contributed by atoms with Gasteiger partial charge >= 0.3 is 6.18 Å². The van der Waals surface area contributed by atoms with Crippen LogP contribution in [0, 0.1) is 17.8 Å². The van der Waals surface area contributed by atoms with Gasteiger partial charge in [-0.3, -0.25) is 0 Å². The summed E-state index contributed by atoms with van der Waals surface area (Å²) < 4.78 is 38.9. The van der Waals surface area contributed by atoms with Crippen LogP contribution in [0.15, 0.2) is 0 Å². The van der Waals surface area contributed by atoms with Gasteiger partial charge in [-0.1, -0.05) is 39.5 Å². The Morgan fingerprint density at radius 3 is 2.12 bits per heavy atom. The Labute approximate surface area is 102 Å². The van der Waals surface area contributed by atoms with E-state index in [4.69, 9.17) is 5.73 Å². The first-order valence-electron chi connectivity index (χ1n) is 6.74. The molecule has 0 heterocycles. The van der Waals surface area contributed by atoms with Crippen LogP contribution in [0.4, 0.5) is 13.2 Å². The molecule has 0 amide bonds. The summed E-state index contributed by atoms with van der Waals surface area (Å²) in [6, 6.07) is -0.295. The Hall–Kier alpha value is -0.250. The summed E-state index contributed by atoms with van der Waals surface area (Å²) in [7, 11) is 0. The molecule has 1 aliphatic rings. The fourth-order valence-electron chi connectivity index (χ4n) is 3.21. The van der Waals surface area contributed by atoms with Gasteiger partial charge in [0.05, 0.1) is 5.92 Å². The van der Waals surface area contributed by atoms with Gasteiger partial charge in [0.2, 0.25) is 0 Å². The molecule has 0 bridgehead atoms. The number of nitrogens with two attached hydrogens (primary N) is 1. The van der Waals surface area contributed by atoms with Crippen molar-refractivity contribution in [2.75, 3.05) is 0 Å². The van der Waals surface area contributed by atoms with Gasteiger partial charge in [0.1, 0.15) is 0 Å². The molecule has 1 nitrogen and oxygen atoms in total. The van der Waals surface area contributed by atoms with Crippen molar-refractivity contribution in [1.82, 2.24) is 0 Å². The third-order valence-electron chi connectivity index (χ3n) is 4.33. The largest absolute Gasteiger partial charge is 0.392 e. The second kappa shape index (κ2) is 6.07. The number of rotatable bonds is 4. The fourth-order valence-corrected chi connectivity index (χ4v) is 3.21. The van der Waals surface area contributed by atoms with Gasteiger partial charge in [-0.05, 0) is 24.7 Å². The first kappa shape index (κ1) is 14.8. The van der Waals surface area contributed by atoms with Crippen LogP contribution in [0.1, 0.15) is 52.4 Å². The Kier molecular flexibility index (Phi) is 5.29. The lowest BCUT2D eigenvalue weighted by Gasteiger charge is -2.39. The van der Waals surface area contributed by atoms with Gasteiger partial charge in [-0.2, -0.15) is 13.2 Å². The zero-order valence-corrected chi connectivity index (χ0v) is 10.8. The molecule has 0 aliphatic heterocycles. The molecule has 17 heavy (non-hydrogen) atoms. The summed E-state index contributed by atoms with van der Waals surface area (Å²) in [6.07, 6.45) is 0.164. The van der Waals surface area contributed by atoms with Crippen molar-refractivity contribution < 1.29 is 13.2 Å². The van der Waals surface area contributed by atoms with Gasteiger partial charge in [-0.15, -0.1) is 0 Å². The molecule has 1 saturated carbocycles. The van der Waals surface area contributed by atoms with Gasteiger partial charge in [-0.25, -0.2) is 0 Å². The van der Waals surface area contributed by atoms with Gasteiger partial charge < -0.3 is 5.73 Å². The van der Waals surface area contributed by atoms with E-state index in [1.54, 1.807) is 0 Å². The third kappa shape index (κ3) is 3.60. The monoisotopic (exact) mass is 251 g/mol. The molecule has 1 fully saturated rings. The second-order valence-electron chi connectivity index (χ2n) is 5.25. The predicted octanol–water partition coefficient (Wildman–Crippen LogP) is 4.12. The summed E-state index contributed by atoms with van der Waals surface area (Å²) >= 11 is 0. The van der Waals surface area contributed by atoms with Crippen LogP contribution in [-0.4, -0.2) is 12.2 Å². The van der Waals surface area contributed by atoms with Crippen LogP contribution in [0.5, 0.6) is 0 Å². The maximum absolute atomic E-state index is 13.0. The van der Waals surface area contributed by atoms with E-state index in [9.17, 15) is 13.2 Å². The van der Waals surface area contributed by atoms with E-state index >= 15 is 0 Å². The highest BCUT2D eigenvalue weighted by Crippen LogP contribution is 2.44. The van der Waals surface area contributed by atoms with E-state index in [1.807, 2.05) is 13.8 Å². The minimum atomic E-state index is -4.07. The van der Waals surface area contributed by atoms with Gasteiger partial charge in [0.25, 0.3) is 0 Å². The zero-order valence-electron chi connectivity index (χ0n) is 10.8. The molecule has 0 saturated heterocycles. The molecule has 1 aliphatic carbocycles. The number of hydrogen-bond acceptors (Lipinski definition) is 1. The molecule has 0 radical (unpaired) electrons. The first-order valence-corrected chi connectivity index (χ1v) is 6.74. The normalized spacial score (nSPS) is 28.4. The quantitative estimate of drug-likeness (QED) is 0.799. The highest BCUT2D eigenvalue weighted by molar-refractivity contribution is 4.89. The maximum Gasteiger partial charge on any atom is 0.392 e. The molecule has 102 valence electrons. The number of alkyl halides is 3. The molecule has 3 atom stereocenters. The molecule has 0 spiro atoms. The topological polar surface area (TPSA) is 26.0 Å². The Morgan fingerprint density at radius 2 is 1.65 bits per heavy atom. The predicted molar refractivity (Wildman–Crippen MR) is 63.6 cm³/mol. The lowest BCUT2D eigenvalue weighted by Crippen LogP contribution is -2.46.